The van der Waals surface area contributed by atoms with Crippen LogP contribution in [0.3, 0.4) is 0 Å². The summed E-state index contributed by atoms with van der Waals surface area (Å²) < 4.78 is 0. The second-order valence-electron chi connectivity index (χ2n) is 19.3. The third-order valence-electron chi connectivity index (χ3n) is 15.3. The Bertz CT molecular complexity index is 3400. The van der Waals surface area contributed by atoms with E-state index in [-0.39, 0.29) is 10.8 Å². The van der Waals surface area contributed by atoms with Crippen molar-refractivity contribution in [2.45, 2.75) is 38.5 Å². The first-order valence-electron chi connectivity index (χ1n) is 22.8. The van der Waals surface area contributed by atoms with E-state index in [0.717, 1.165) is 0 Å². The van der Waals surface area contributed by atoms with Gasteiger partial charge in [-0.05, 0) is 123 Å². The van der Waals surface area contributed by atoms with Crippen molar-refractivity contribution in [1.29, 1.82) is 0 Å². The first kappa shape index (κ1) is 37.3. The predicted molar refractivity (Wildman–Crippen MR) is 274 cm³/mol. The van der Waals surface area contributed by atoms with Crippen LogP contribution in [0.1, 0.15) is 49.9 Å². The van der Waals surface area contributed by atoms with E-state index < -0.39 is 8.07 Å². The first-order chi connectivity index (χ1) is 31.2. The van der Waals surface area contributed by atoms with Gasteiger partial charge in [0.2, 0.25) is 0 Å². The van der Waals surface area contributed by atoms with Gasteiger partial charge in [0.25, 0.3) is 0 Å². The van der Waals surface area contributed by atoms with Crippen molar-refractivity contribution >= 4 is 67.4 Å². The summed E-state index contributed by atoms with van der Waals surface area (Å²) in [6.07, 6.45) is 0. The van der Waals surface area contributed by atoms with Gasteiger partial charge in [-0.15, -0.1) is 0 Å². The molecule has 1 nitrogen and oxygen atoms in total. The zero-order chi connectivity index (χ0) is 43.0. The van der Waals surface area contributed by atoms with Crippen LogP contribution in [-0.2, 0) is 10.8 Å². The molecule has 1 aliphatic heterocycles. The van der Waals surface area contributed by atoms with Gasteiger partial charge >= 0.3 is 0 Å². The van der Waals surface area contributed by atoms with E-state index in [1.165, 1.54) is 115 Å². The topological polar surface area (TPSA) is 3.24 Å². The summed E-state index contributed by atoms with van der Waals surface area (Å²) in [5.74, 6) is 0. The predicted octanol–water partition coefficient (Wildman–Crippen LogP) is 13.4. The minimum atomic E-state index is -2.93. The van der Waals surface area contributed by atoms with Gasteiger partial charge in [0.05, 0.1) is 5.69 Å². The summed E-state index contributed by atoms with van der Waals surface area (Å²) in [6, 6.07) is 81.4. The Kier molecular flexibility index (Phi) is 7.80. The molecular weight excluding hydrogens is 787 g/mol. The first-order valence-corrected chi connectivity index (χ1v) is 24.8. The molecule has 0 amide bonds. The Hall–Kier alpha value is -7.26. The molecule has 10 aromatic carbocycles. The molecule has 10 aromatic rings. The minimum absolute atomic E-state index is 0.144. The van der Waals surface area contributed by atoms with E-state index >= 15 is 0 Å². The van der Waals surface area contributed by atoms with E-state index in [1.54, 1.807) is 0 Å². The number of fused-ring (bicyclic) bond motifs is 11. The van der Waals surface area contributed by atoms with Crippen LogP contribution in [0.15, 0.2) is 212 Å². The molecule has 0 bridgehead atoms. The molecule has 2 heteroatoms. The number of hydrogen-bond acceptors (Lipinski definition) is 1. The number of nitrogens with zero attached hydrogens (tertiary/aromatic N) is 1. The maximum Gasteiger partial charge on any atom is 0.180 e. The van der Waals surface area contributed by atoms with Crippen LogP contribution in [-0.4, -0.2) is 8.07 Å². The molecule has 304 valence electrons. The van der Waals surface area contributed by atoms with Gasteiger partial charge in [-0.25, -0.2) is 0 Å². The normalized spacial score (nSPS) is 15.2. The lowest BCUT2D eigenvalue weighted by molar-refractivity contribution is 0.660. The standard InChI is InChI=1S/C62H47NSi/c1-61(2)53-23-12-9-20-48(53)50-34-30-44(38-55(50)61)63(45-31-35-51-49-21-10-13-24-54(49)62(3,4)56(51)39-45)57-25-15-27-59-60(57)52-22-11-14-26-58(52)64(59,46-32-28-40-16-5-7-18-42(40)36-46)47-33-29-41-17-6-8-19-43(41)37-47/h5-39H,1-4H3. The summed E-state index contributed by atoms with van der Waals surface area (Å²) in [6.45, 7) is 9.57. The third-order valence-corrected chi connectivity index (χ3v) is 20.1. The number of hydrogen-bond donors (Lipinski definition) is 0. The SMILES string of the molecule is CC1(C)c2ccccc2-c2ccc(N(c3ccc4c(c3)C(C)(C)c3ccccc3-4)c3cccc4c3-c3ccccc3[Si]4(c3ccc4ccccc4c3)c3ccc4ccccc4c3)cc21. The van der Waals surface area contributed by atoms with Crippen molar-refractivity contribution in [3.8, 4) is 33.4 Å². The highest BCUT2D eigenvalue weighted by atomic mass is 28.3. The average molecular weight is 834 g/mol. The largest absolute Gasteiger partial charge is 0.310 e. The second-order valence-corrected chi connectivity index (χ2v) is 23.0. The lowest BCUT2D eigenvalue weighted by atomic mass is 9.82. The van der Waals surface area contributed by atoms with Crippen LogP contribution in [0.5, 0.6) is 0 Å². The van der Waals surface area contributed by atoms with E-state index in [4.69, 9.17) is 0 Å². The fourth-order valence-corrected chi connectivity index (χ4v) is 17.4. The van der Waals surface area contributed by atoms with Gasteiger partial charge in [0, 0.05) is 27.8 Å². The molecule has 0 saturated carbocycles. The molecule has 2 aliphatic carbocycles. The minimum Gasteiger partial charge on any atom is -0.310 e. The van der Waals surface area contributed by atoms with Crippen LogP contribution in [0.4, 0.5) is 17.1 Å². The Morgan fingerprint density at radius 1 is 0.328 bits per heavy atom. The van der Waals surface area contributed by atoms with Gasteiger partial charge in [0.1, 0.15) is 0 Å². The molecule has 0 N–H and O–H groups in total. The van der Waals surface area contributed by atoms with Crippen molar-refractivity contribution in [3.63, 3.8) is 0 Å². The second kappa shape index (κ2) is 13.4. The molecule has 0 saturated heterocycles. The lowest BCUT2D eigenvalue weighted by Gasteiger charge is -2.33. The molecule has 0 unspecified atom stereocenters. The van der Waals surface area contributed by atoms with Crippen LogP contribution < -0.4 is 25.6 Å². The molecule has 0 radical (unpaired) electrons. The van der Waals surface area contributed by atoms with Crippen LogP contribution in [0.25, 0.3) is 54.9 Å². The Balaban J connectivity index is 1.11. The van der Waals surface area contributed by atoms with Gasteiger partial charge in [-0.1, -0.05) is 210 Å². The van der Waals surface area contributed by atoms with Gasteiger partial charge < -0.3 is 4.90 Å². The lowest BCUT2D eigenvalue weighted by Crippen LogP contribution is -2.72. The van der Waals surface area contributed by atoms with Crippen LogP contribution >= 0.6 is 0 Å². The molecule has 13 rings (SSSR count). The van der Waals surface area contributed by atoms with Crippen molar-refractivity contribution in [2.24, 2.45) is 0 Å². The molecular formula is C62H47NSi. The zero-order valence-electron chi connectivity index (χ0n) is 36.7. The highest BCUT2D eigenvalue weighted by Gasteiger charge is 2.50. The number of anilines is 3. The van der Waals surface area contributed by atoms with Crippen LogP contribution in [0.2, 0.25) is 0 Å². The molecule has 1 heterocycles. The fraction of sp³-hybridized carbons (Fsp3) is 0.0968. The molecule has 0 spiro atoms. The molecule has 0 aromatic heterocycles. The van der Waals surface area contributed by atoms with Gasteiger partial charge in [0.15, 0.2) is 8.07 Å². The highest BCUT2D eigenvalue weighted by Crippen LogP contribution is 2.54. The molecule has 64 heavy (non-hydrogen) atoms. The average Bonchev–Trinajstić information content (AvgIpc) is 3.86. The fourth-order valence-electron chi connectivity index (χ4n) is 12.2. The zero-order valence-corrected chi connectivity index (χ0v) is 37.7. The van der Waals surface area contributed by atoms with E-state index in [9.17, 15) is 0 Å². The monoisotopic (exact) mass is 833 g/mol. The van der Waals surface area contributed by atoms with Gasteiger partial charge in [-0.2, -0.15) is 0 Å². The summed E-state index contributed by atoms with van der Waals surface area (Å²) >= 11 is 0. The van der Waals surface area contributed by atoms with Crippen molar-refractivity contribution in [2.75, 3.05) is 4.90 Å². The number of benzene rings is 10. The third kappa shape index (κ3) is 5.00. The Labute approximate surface area is 377 Å². The Morgan fingerprint density at radius 3 is 1.31 bits per heavy atom. The quantitative estimate of drug-likeness (QED) is 0.156. The highest BCUT2D eigenvalue weighted by molar-refractivity contribution is 7.22. The van der Waals surface area contributed by atoms with Crippen molar-refractivity contribution in [3.05, 3.63) is 235 Å². The van der Waals surface area contributed by atoms with Crippen LogP contribution in [0, 0.1) is 0 Å². The summed E-state index contributed by atoms with van der Waals surface area (Å²) in [5.41, 5.74) is 16.8. The van der Waals surface area contributed by atoms with Gasteiger partial charge in [-0.3, -0.25) is 0 Å². The smallest absolute Gasteiger partial charge is 0.180 e. The van der Waals surface area contributed by atoms with Crippen molar-refractivity contribution < 1.29 is 0 Å². The maximum absolute atomic E-state index is 2.93. The molecule has 3 aliphatic rings. The van der Waals surface area contributed by atoms with Crippen molar-refractivity contribution in [1.82, 2.24) is 0 Å². The summed E-state index contributed by atoms with van der Waals surface area (Å²) in [7, 11) is -2.93. The van der Waals surface area contributed by atoms with E-state index in [1.807, 2.05) is 0 Å². The summed E-state index contributed by atoms with van der Waals surface area (Å²) in [4.78, 5) is 2.60. The maximum atomic E-state index is 2.60. The number of rotatable bonds is 5. The van der Waals surface area contributed by atoms with E-state index in [0.29, 0.717) is 0 Å². The van der Waals surface area contributed by atoms with E-state index in [2.05, 4.69) is 245 Å². The molecule has 0 atom stereocenters. The summed E-state index contributed by atoms with van der Waals surface area (Å²) in [5, 5.41) is 10.8. The molecule has 0 fully saturated rings. The Morgan fingerprint density at radius 2 is 0.766 bits per heavy atom.